The van der Waals surface area contributed by atoms with Gasteiger partial charge in [-0.15, -0.1) is 0 Å². The monoisotopic (exact) mass is 619 g/mol. The molecule has 0 aliphatic heterocycles. The molecule has 0 spiro atoms. The minimum absolute atomic E-state index is 0.635. The van der Waals surface area contributed by atoms with Crippen LogP contribution in [0, 0.1) is 0 Å². The first kappa shape index (κ1) is 29.1. The largest absolute Gasteiger partial charge is 0.316 e. The molecule has 0 saturated carbocycles. The number of nitrogens with zero attached hydrogens (tertiary/aromatic N) is 5. The van der Waals surface area contributed by atoms with Crippen LogP contribution < -0.4 is 0 Å². The van der Waals surface area contributed by atoms with E-state index in [2.05, 4.69) is 112 Å². The molecule has 9 aromatic rings. The highest BCUT2D eigenvalue weighted by Gasteiger charge is 2.18. The second kappa shape index (κ2) is 12.5. The van der Waals surface area contributed by atoms with Crippen molar-refractivity contribution < 1.29 is 0 Å². The lowest BCUT2D eigenvalue weighted by Gasteiger charge is -2.12. The van der Waals surface area contributed by atoms with Gasteiger partial charge in [0.05, 0.1) is 16.6 Å². The van der Waals surface area contributed by atoms with E-state index in [0.717, 1.165) is 39.1 Å². The van der Waals surface area contributed by atoms with Crippen LogP contribution in [0.3, 0.4) is 0 Å². The van der Waals surface area contributed by atoms with Gasteiger partial charge in [0.15, 0.2) is 17.5 Å². The average molecular weight is 620 g/mol. The van der Waals surface area contributed by atoms with Crippen molar-refractivity contribution >= 4 is 32.7 Å². The van der Waals surface area contributed by atoms with Crippen molar-refractivity contribution in [3.8, 4) is 45.5 Å². The van der Waals surface area contributed by atoms with Crippen LogP contribution in [0.1, 0.15) is 13.8 Å². The zero-order valence-electron chi connectivity index (χ0n) is 26.8. The molecule has 3 aromatic heterocycles. The second-order valence-electron chi connectivity index (χ2n) is 11.4. The first-order chi connectivity index (χ1) is 23.8. The van der Waals surface area contributed by atoms with Crippen LogP contribution in [-0.4, -0.2) is 24.1 Å². The number of fused-ring (bicyclic) bond motifs is 5. The van der Waals surface area contributed by atoms with Gasteiger partial charge in [0.2, 0.25) is 0 Å². The van der Waals surface area contributed by atoms with Crippen LogP contribution in [0.25, 0.3) is 78.2 Å². The van der Waals surface area contributed by atoms with Gasteiger partial charge in [0, 0.05) is 50.4 Å². The van der Waals surface area contributed by atoms with Gasteiger partial charge in [-0.2, -0.15) is 0 Å². The number of hydrogen-bond donors (Lipinski definition) is 0. The maximum atomic E-state index is 5.00. The first-order valence-corrected chi connectivity index (χ1v) is 16.4. The fourth-order valence-corrected chi connectivity index (χ4v) is 6.48. The Kier molecular flexibility index (Phi) is 7.55. The molecule has 0 aliphatic carbocycles. The van der Waals surface area contributed by atoms with Gasteiger partial charge in [-0.3, -0.25) is 0 Å². The van der Waals surface area contributed by atoms with E-state index in [1.165, 1.54) is 21.7 Å². The minimum atomic E-state index is 0.635. The lowest BCUT2D eigenvalue weighted by molar-refractivity contribution is 1.07. The zero-order chi connectivity index (χ0) is 32.5. The van der Waals surface area contributed by atoms with Gasteiger partial charge < -0.3 is 9.13 Å². The van der Waals surface area contributed by atoms with Crippen LogP contribution in [0.15, 0.2) is 164 Å². The molecule has 5 heteroatoms. The molecule has 3 heterocycles. The predicted octanol–water partition coefficient (Wildman–Crippen LogP) is 10.9. The Bertz CT molecular complexity index is 2460. The van der Waals surface area contributed by atoms with E-state index in [9.17, 15) is 0 Å². The topological polar surface area (TPSA) is 48.5 Å². The highest BCUT2D eigenvalue weighted by Crippen LogP contribution is 2.38. The Morgan fingerprint density at radius 2 is 0.938 bits per heavy atom. The maximum Gasteiger partial charge on any atom is 0.164 e. The third kappa shape index (κ3) is 5.02. The molecule has 0 N–H and O–H groups in total. The highest BCUT2D eigenvalue weighted by atomic mass is 15.0. The van der Waals surface area contributed by atoms with Crippen molar-refractivity contribution in [2.75, 3.05) is 0 Å². The van der Waals surface area contributed by atoms with Gasteiger partial charge in [-0.1, -0.05) is 129 Å². The molecule has 0 atom stereocenters. The fourth-order valence-electron chi connectivity index (χ4n) is 6.48. The Balaban J connectivity index is 0.00000165. The van der Waals surface area contributed by atoms with Crippen molar-refractivity contribution in [3.05, 3.63) is 164 Å². The van der Waals surface area contributed by atoms with Crippen molar-refractivity contribution in [3.63, 3.8) is 0 Å². The fraction of sp³-hybridized carbons (Fsp3) is 0.0465. The van der Waals surface area contributed by atoms with Gasteiger partial charge in [-0.05, 0) is 42.5 Å². The molecular weight excluding hydrogens is 587 g/mol. The molecule has 0 radical (unpaired) electrons. The summed E-state index contributed by atoms with van der Waals surface area (Å²) < 4.78 is 4.64. The summed E-state index contributed by atoms with van der Waals surface area (Å²) in [5.41, 5.74) is 8.51. The van der Waals surface area contributed by atoms with Crippen molar-refractivity contribution in [2.45, 2.75) is 13.8 Å². The summed E-state index contributed by atoms with van der Waals surface area (Å²) in [6.07, 6.45) is 2.17. The molecule has 5 nitrogen and oxygen atoms in total. The van der Waals surface area contributed by atoms with E-state index in [-0.39, 0.29) is 0 Å². The molecule has 0 saturated heterocycles. The van der Waals surface area contributed by atoms with E-state index in [1.807, 2.05) is 74.5 Å². The van der Waals surface area contributed by atoms with Crippen LogP contribution in [0.2, 0.25) is 0 Å². The summed E-state index contributed by atoms with van der Waals surface area (Å²) in [4.78, 5) is 14.9. The van der Waals surface area contributed by atoms with Gasteiger partial charge in [-0.25, -0.2) is 15.0 Å². The molecule has 0 amide bonds. The molecule has 6 aromatic carbocycles. The Labute approximate surface area is 279 Å². The highest BCUT2D eigenvalue weighted by molar-refractivity contribution is 6.18. The number of aromatic nitrogens is 5. The SMILES string of the molecule is CC.c1ccc(-c2nc(-c3ccccc3)nc(-c3cccc(-n4c5ccccc5c5ccc6c(ccn6-c6ccccc6)c54)c3)n2)cc1. The van der Waals surface area contributed by atoms with Crippen LogP contribution >= 0.6 is 0 Å². The Hall–Kier alpha value is -6.33. The van der Waals surface area contributed by atoms with Gasteiger partial charge >= 0.3 is 0 Å². The number of rotatable bonds is 5. The quantitative estimate of drug-likeness (QED) is 0.193. The van der Waals surface area contributed by atoms with Gasteiger partial charge in [0.25, 0.3) is 0 Å². The Morgan fingerprint density at radius 1 is 0.396 bits per heavy atom. The van der Waals surface area contributed by atoms with Crippen molar-refractivity contribution in [1.29, 1.82) is 0 Å². The summed E-state index contributed by atoms with van der Waals surface area (Å²) >= 11 is 0. The molecule has 230 valence electrons. The van der Waals surface area contributed by atoms with Crippen LogP contribution in [-0.2, 0) is 0 Å². The van der Waals surface area contributed by atoms with Gasteiger partial charge in [0.1, 0.15) is 0 Å². The lowest BCUT2D eigenvalue weighted by atomic mass is 10.1. The van der Waals surface area contributed by atoms with E-state index in [0.29, 0.717) is 17.5 Å². The summed E-state index contributed by atoms with van der Waals surface area (Å²) in [6, 6.07) is 54.6. The van der Waals surface area contributed by atoms with E-state index >= 15 is 0 Å². The number of hydrogen-bond acceptors (Lipinski definition) is 3. The summed E-state index contributed by atoms with van der Waals surface area (Å²) in [6.45, 7) is 4.00. The second-order valence-corrected chi connectivity index (χ2v) is 11.4. The smallest absolute Gasteiger partial charge is 0.164 e. The predicted molar refractivity (Wildman–Crippen MR) is 199 cm³/mol. The summed E-state index contributed by atoms with van der Waals surface area (Å²) in [5, 5.41) is 3.63. The van der Waals surface area contributed by atoms with E-state index < -0.39 is 0 Å². The molecule has 0 fully saturated rings. The number of benzene rings is 6. The Morgan fingerprint density at radius 3 is 1.60 bits per heavy atom. The zero-order valence-corrected chi connectivity index (χ0v) is 26.8. The van der Waals surface area contributed by atoms with E-state index in [4.69, 9.17) is 15.0 Å². The summed E-state index contributed by atoms with van der Waals surface area (Å²) in [5.74, 6) is 1.93. The third-order valence-electron chi connectivity index (χ3n) is 8.60. The standard InChI is InChI=1S/C41H27N5.C2H6/c1-4-13-28(14-5-1)39-42-40(29-15-6-2-7-16-29)44-41(43-39)30-17-12-20-32(27-30)46-37-22-11-10-21-33(37)34-23-24-36-35(38(34)46)25-26-45(36)31-18-8-3-9-19-31;1-2/h1-27H;1-2H3. The molecular formula is C43H33N5. The molecule has 0 unspecified atom stereocenters. The van der Waals surface area contributed by atoms with Crippen LogP contribution in [0.5, 0.6) is 0 Å². The van der Waals surface area contributed by atoms with E-state index in [1.54, 1.807) is 0 Å². The third-order valence-corrected chi connectivity index (χ3v) is 8.60. The summed E-state index contributed by atoms with van der Waals surface area (Å²) in [7, 11) is 0. The number of para-hydroxylation sites is 2. The molecule has 48 heavy (non-hydrogen) atoms. The maximum absolute atomic E-state index is 5.00. The lowest BCUT2D eigenvalue weighted by Crippen LogP contribution is -2.01. The van der Waals surface area contributed by atoms with Crippen molar-refractivity contribution in [1.82, 2.24) is 24.1 Å². The van der Waals surface area contributed by atoms with Crippen molar-refractivity contribution in [2.24, 2.45) is 0 Å². The first-order valence-electron chi connectivity index (χ1n) is 16.4. The minimum Gasteiger partial charge on any atom is -0.316 e. The normalized spacial score (nSPS) is 11.1. The molecule has 9 rings (SSSR count). The molecule has 0 aliphatic rings. The average Bonchev–Trinajstić information content (AvgIpc) is 3.76. The molecule has 0 bridgehead atoms. The van der Waals surface area contributed by atoms with Crippen LogP contribution in [0.4, 0.5) is 0 Å².